The van der Waals surface area contributed by atoms with E-state index >= 15 is 0 Å². The van der Waals surface area contributed by atoms with Crippen molar-refractivity contribution in [3.63, 3.8) is 0 Å². The Kier molecular flexibility index (Phi) is 4.16. The fourth-order valence-corrected chi connectivity index (χ4v) is 2.17. The van der Waals surface area contributed by atoms with Crippen LogP contribution in [0, 0.1) is 0 Å². The zero-order valence-electron chi connectivity index (χ0n) is 10.7. The molecule has 0 bridgehead atoms. The lowest BCUT2D eigenvalue weighted by molar-refractivity contribution is 0.0440. The fraction of sp³-hybridized carbons (Fsp3) is 0.917. The monoisotopic (exact) mass is 245 g/mol. The molecule has 1 rings (SSSR count). The molecule has 0 unspecified atom stereocenters. The number of ether oxygens (including phenoxy) is 1. The summed E-state index contributed by atoms with van der Waals surface area (Å²) in [6.45, 7) is 7.70. The van der Waals surface area contributed by atoms with Crippen molar-refractivity contribution >= 4 is 18.7 Å². The molecule has 0 aromatic rings. The molecule has 1 aliphatic rings. The number of hydrogen-bond donors (Lipinski definition) is 2. The van der Waals surface area contributed by atoms with Gasteiger partial charge in [0.1, 0.15) is 5.60 Å². The minimum absolute atomic E-state index is 0.123. The third-order valence-corrected chi connectivity index (χ3v) is 3.38. The van der Waals surface area contributed by atoms with E-state index in [9.17, 15) is 4.79 Å². The fourth-order valence-electron chi connectivity index (χ4n) is 1.91. The Balaban J connectivity index is 2.44. The van der Waals surface area contributed by atoms with E-state index in [1.54, 1.807) is 0 Å². The van der Waals surface area contributed by atoms with Gasteiger partial charge in [-0.1, -0.05) is 0 Å². The molecule has 0 aliphatic heterocycles. The highest BCUT2D eigenvalue weighted by molar-refractivity contribution is 7.80. The van der Waals surface area contributed by atoms with Crippen LogP contribution in [0.25, 0.3) is 0 Å². The van der Waals surface area contributed by atoms with Crippen LogP contribution in [-0.2, 0) is 4.74 Å². The minimum Gasteiger partial charge on any atom is -0.444 e. The van der Waals surface area contributed by atoms with E-state index in [2.05, 4.69) is 24.9 Å². The van der Waals surface area contributed by atoms with Crippen LogP contribution in [-0.4, -0.2) is 22.5 Å². The standard InChI is InChI=1S/C12H23NO2S/c1-11(2,3)15-10(14)13-12(4)7-5-9(16)6-8-12/h9,16H,5-8H2,1-4H3,(H,13,14). The van der Waals surface area contributed by atoms with E-state index in [4.69, 9.17) is 4.74 Å². The number of rotatable bonds is 1. The van der Waals surface area contributed by atoms with E-state index in [0.29, 0.717) is 5.25 Å². The summed E-state index contributed by atoms with van der Waals surface area (Å²) in [5.41, 5.74) is -0.553. The Bertz CT molecular complexity index is 252. The van der Waals surface area contributed by atoms with Crippen LogP contribution < -0.4 is 5.32 Å². The normalized spacial score (nSPS) is 30.9. The zero-order chi connectivity index (χ0) is 12.4. The number of carbonyl (C=O) groups is 1. The van der Waals surface area contributed by atoms with Crippen molar-refractivity contribution in [2.75, 3.05) is 0 Å². The van der Waals surface area contributed by atoms with Gasteiger partial charge in [-0.2, -0.15) is 12.6 Å². The average molecular weight is 245 g/mol. The summed E-state index contributed by atoms with van der Waals surface area (Å²) in [5, 5.41) is 3.46. The minimum atomic E-state index is -0.429. The first-order valence-electron chi connectivity index (χ1n) is 5.89. The van der Waals surface area contributed by atoms with Crippen LogP contribution in [0.4, 0.5) is 4.79 Å². The van der Waals surface area contributed by atoms with Gasteiger partial charge in [0.15, 0.2) is 0 Å². The van der Waals surface area contributed by atoms with Gasteiger partial charge >= 0.3 is 6.09 Å². The number of amides is 1. The van der Waals surface area contributed by atoms with E-state index in [1.165, 1.54) is 0 Å². The van der Waals surface area contributed by atoms with Crippen LogP contribution in [0.15, 0.2) is 0 Å². The topological polar surface area (TPSA) is 38.3 Å². The molecule has 1 saturated carbocycles. The Morgan fingerprint density at radius 3 is 2.31 bits per heavy atom. The number of carbonyl (C=O) groups excluding carboxylic acids is 1. The summed E-state index contributed by atoms with van der Waals surface area (Å²) in [7, 11) is 0. The molecule has 1 N–H and O–H groups in total. The van der Waals surface area contributed by atoms with Crippen molar-refractivity contribution < 1.29 is 9.53 Å². The number of alkyl carbamates (subject to hydrolysis) is 1. The maximum Gasteiger partial charge on any atom is 0.408 e. The Hall–Kier alpha value is -0.380. The highest BCUT2D eigenvalue weighted by atomic mass is 32.1. The highest BCUT2D eigenvalue weighted by Crippen LogP contribution is 2.30. The largest absolute Gasteiger partial charge is 0.444 e. The van der Waals surface area contributed by atoms with Crippen molar-refractivity contribution in [3.05, 3.63) is 0 Å². The van der Waals surface area contributed by atoms with Crippen molar-refractivity contribution in [1.82, 2.24) is 5.32 Å². The Morgan fingerprint density at radius 2 is 1.88 bits per heavy atom. The second-order valence-electron chi connectivity index (χ2n) is 5.92. The lowest BCUT2D eigenvalue weighted by Crippen LogP contribution is -2.50. The first-order chi connectivity index (χ1) is 7.20. The maximum absolute atomic E-state index is 11.7. The SMILES string of the molecule is CC1(NC(=O)OC(C)(C)C)CCC(S)CC1. The Labute approximate surface area is 104 Å². The van der Waals surface area contributed by atoms with Crippen LogP contribution in [0.2, 0.25) is 0 Å². The number of nitrogens with one attached hydrogen (secondary N) is 1. The second kappa shape index (κ2) is 4.86. The third kappa shape index (κ3) is 4.64. The van der Waals surface area contributed by atoms with Crippen molar-refractivity contribution in [2.24, 2.45) is 0 Å². The molecule has 16 heavy (non-hydrogen) atoms. The van der Waals surface area contributed by atoms with Gasteiger partial charge in [-0.25, -0.2) is 4.79 Å². The van der Waals surface area contributed by atoms with Gasteiger partial charge in [-0.3, -0.25) is 0 Å². The molecule has 1 fully saturated rings. The van der Waals surface area contributed by atoms with Gasteiger partial charge in [0, 0.05) is 10.8 Å². The van der Waals surface area contributed by atoms with Crippen LogP contribution in [0.5, 0.6) is 0 Å². The highest BCUT2D eigenvalue weighted by Gasteiger charge is 2.32. The molecule has 0 atom stereocenters. The Morgan fingerprint density at radius 1 is 1.38 bits per heavy atom. The third-order valence-electron chi connectivity index (χ3n) is 2.86. The van der Waals surface area contributed by atoms with E-state index < -0.39 is 5.60 Å². The molecular weight excluding hydrogens is 222 g/mol. The maximum atomic E-state index is 11.7. The molecule has 0 saturated heterocycles. The van der Waals surface area contributed by atoms with Crippen LogP contribution in [0.1, 0.15) is 53.4 Å². The van der Waals surface area contributed by atoms with E-state index in [-0.39, 0.29) is 11.6 Å². The van der Waals surface area contributed by atoms with Crippen molar-refractivity contribution in [3.8, 4) is 0 Å². The van der Waals surface area contributed by atoms with Crippen LogP contribution in [0.3, 0.4) is 0 Å². The molecule has 3 nitrogen and oxygen atoms in total. The smallest absolute Gasteiger partial charge is 0.408 e. The summed E-state index contributed by atoms with van der Waals surface area (Å²) < 4.78 is 5.26. The molecule has 0 aromatic carbocycles. The molecule has 4 heteroatoms. The van der Waals surface area contributed by atoms with E-state index in [0.717, 1.165) is 25.7 Å². The summed E-state index contributed by atoms with van der Waals surface area (Å²) in [5.74, 6) is 0. The summed E-state index contributed by atoms with van der Waals surface area (Å²) >= 11 is 4.45. The molecular formula is C12H23NO2S. The van der Waals surface area contributed by atoms with Gasteiger partial charge < -0.3 is 10.1 Å². The zero-order valence-corrected chi connectivity index (χ0v) is 11.6. The summed E-state index contributed by atoms with van der Waals surface area (Å²) in [6.07, 6.45) is 3.73. The molecule has 0 heterocycles. The predicted molar refractivity (Wildman–Crippen MR) is 69.0 cm³/mol. The van der Waals surface area contributed by atoms with Gasteiger partial charge in [0.2, 0.25) is 0 Å². The molecule has 94 valence electrons. The van der Waals surface area contributed by atoms with Gasteiger partial charge in [-0.05, 0) is 53.4 Å². The first kappa shape index (κ1) is 13.7. The first-order valence-corrected chi connectivity index (χ1v) is 6.41. The molecule has 0 radical (unpaired) electrons. The molecule has 0 spiro atoms. The van der Waals surface area contributed by atoms with Gasteiger partial charge in [-0.15, -0.1) is 0 Å². The van der Waals surface area contributed by atoms with E-state index in [1.807, 2.05) is 20.8 Å². The summed E-state index contributed by atoms with van der Waals surface area (Å²) in [4.78, 5) is 11.7. The van der Waals surface area contributed by atoms with Crippen molar-refractivity contribution in [1.29, 1.82) is 0 Å². The van der Waals surface area contributed by atoms with Crippen molar-refractivity contribution in [2.45, 2.75) is 69.8 Å². The second-order valence-corrected chi connectivity index (χ2v) is 6.65. The summed E-state index contributed by atoms with van der Waals surface area (Å²) in [6, 6.07) is 0. The number of thiol groups is 1. The predicted octanol–water partition coefficient (Wildman–Crippen LogP) is 3.14. The molecule has 1 aliphatic carbocycles. The van der Waals surface area contributed by atoms with Crippen LogP contribution >= 0.6 is 12.6 Å². The van der Waals surface area contributed by atoms with Gasteiger partial charge in [0.05, 0.1) is 0 Å². The van der Waals surface area contributed by atoms with Gasteiger partial charge in [0.25, 0.3) is 0 Å². The molecule has 0 aromatic heterocycles. The lowest BCUT2D eigenvalue weighted by Gasteiger charge is -2.37. The average Bonchev–Trinajstić information content (AvgIpc) is 2.07. The molecule has 1 amide bonds. The quantitative estimate of drug-likeness (QED) is 0.697. The number of hydrogen-bond acceptors (Lipinski definition) is 3. The lowest BCUT2D eigenvalue weighted by atomic mass is 9.83.